The Hall–Kier alpha value is -2.32. The minimum Gasteiger partial charge on any atom is -0.448 e. The molecule has 1 spiro atoms. The molecule has 4 aliphatic rings. The molecule has 1 saturated carbocycles. The molecule has 3 heterocycles. The predicted octanol–water partition coefficient (Wildman–Crippen LogP) is 3.18. The zero-order valence-corrected chi connectivity index (χ0v) is 21.3. The fourth-order valence-electron chi connectivity index (χ4n) is 6.13. The Kier molecular flexibility index (Phi) is 7.21. The van der Waals surface area contributed by atoms with Gasteiger partial charge in [-0.05, 0) is 43.2 Å². The second-order valence-corrected chi connectivity index (χ2v) is 11.2. The van der Waals surface area contributed by atoms with Crippen molar-refractivity contribution < 1.29 is 19.1 Å². The zero-order chi connectivity index (χ0) is 24.4. The van der Waals surface area contributed by atoms with Gasteiger partial charge in [0, 0.05) is 63.9 Å². The molecular formula is C27H40N4O4. The van der Waals surface area contributed by atoms with Crippen LogP contribution in [0.2, 0.25) is 0 Å². The molecule has 0 aromatic heterocycles. The van der Waals surface area contributed by atoms with Gasteiger partial charge >= 0.3 is 0 Å². The maximum Gasteiger partial charge on any atom is 0.251 e. The van der Waals surface area contributed by atoms with Crippen molar-refractivity contribution in [2.75, 3.05) is 57.7 Å². The summed E-state index contributed by atoms with van der Waals surface area (Å²) in [5.74, 6) is 2.36. The second-order valence-electron chi connectivity index (χ2n) is 11.2. The van der Waals surface area contributed by atoms with Crippen LogP contribution in [0.15, 0.2) is 18.2 Å². The third kappa shape index (κ3) is 5.92. The van der Waals surface area contributed by atoms with E-state index < -0.39 is 5.79 Å². The molecule has 3 aliphatic heterocycles. The molecule has 3 fully saturated rings. The van der Waals surface area contributed by atoms with Gasteiger partial charge in [0.05, 0.1) is 13.1 Å². The van der Waals surface area contributed by atoms with Gasteiger partial charge in [-0.15, -0.1) is 0 Å². The summed E-state index contributed by atoms with van der Waals surface area (Å²) < 4.78 is 12.3. The van der Waals surface area contributed by atoms with Crippen molar-refractivity contribution in [3.8, 4) is 11.5 Å². The Bertz CT molecular complexity index is 914. The number of ether oxygens (including phenoxy) is 2. The number of nitrogens with one attached hydrogen (secondary N) is 1. The maximum atomic E-state index is 12.8. The monoisotopic (exact) mass is 484 g/mol. The fraction of sp³-hybridized carbons (Fsp3) is 0.704. The normalized spacial score (nSPS) is 26.6. The number of amides is 2. The quantitative estimate of drug-likeness (QED) is 0.692. The summed E-state index contributed by atoms with van der Waals surface area (Å²) in [4.78, 5) is 31.9. The first kappa shape index (κ1) is 24.4. The molecule has 1 aliphatic carbocycles. The first-order chi connectivity index (χ1) is 16.9. The van der Waals surface area contributed by atoms with Crippen LogP contribution in [0, 0.1) is 11.8 Å². The predicted molar refractivity (Wildman–Crippen MR) is 135 cm³/mol. The van der Waals surface area contributed by atoms with E-state index in [4.69, 9.17) is 9.47 Å². The van der Waals surface area contributed by atoms with Crippen LogP contribution in [0.3, 0.4) is 0 Å². The van der Waals surface area contributed by atoms with Gasteiger partial charge in [0.1, 0.15) is 0 Å². The van der Waals surface area contributed by atoms with E-state index in [9.17, 15) is 9.59 Å². The van der Waals surface area contributed by atoms with Gasteiger partial charge in [0.2, 0.25) is 11.8 Å². The summed E-state index contributed by atoms with van der Waals surface area (Å²) in [6.07, 6.45) is 6.50. The first-order valence-electron chi connectivity index (χ1n) is 13.4. The minimum atomic E-state index is -0.505. The molecule has 0 bridgehead atoms. The number of likely N-dealkylation sites (tertiary alicyclic amines) is 1. The van der Waals surface area contributed by atoms with E-state index in [-0.39, 0.29) is 11.8 Å². The molecule has 1 aromatic carbocycles. The molecule has 8 heteroatoms. The number of hydrogen-bond acceptors (Lipinski definition) is 6. The van der Waals surface area contributed by atoms with E-state index >= 15 is 0 Å². The van der Waals surface area contributed by atoms with E-state index in [0.717, 1.165) is 82.1 Å². The largest absolute Gasteiger partial charge is 0.448 e. The van der Waals surface area contributed by atoms with E-state index in [1.165, 1.54) is 12.8 Å². The van der Waals surface area contributed by atoms with Crippen molar-refractivity contribution in [1.29, 1.82) is 0 Å². The number of nitrogens with zero attached hydrogens (tertiary/aromatic N) is 3. The highest BCUT2D eigenvalue weighted by Gasteiger charge is 2.42. The van der Waals surface area contributed by atoms with Crippen LogP contribution in [0.4, 0.5) is 5.69 Å². The first-order valence-corrected chi connectivity index (χ1v) is 13.4. The van der Waals surface area contributed by atoms with Crippen molar-refractivity contribution in [3.05, 3.63) is 18.2 Å². The van der Waals surface area contributed by atoms with Crippen LogP contribution in [-0.4, -0.2) is 84.7 Å². The third-order valence-corrected chi connectivity index (χ3v) is 7.85. The zero-order valence-electron chi connectivity index (χ0n) is 21.3. The Morgan fingerprint density at radius 3 is 2.23 bits per heavy atom. The molecular weight excluding hydrogens is 444 g/mol. The van der Waals surface area contributed by atoms with Crippen molar-refractivity contribution >= 4 is 17.5 Å². The average Bonchev–Trinajstić information content (AvgIpc) is 3.16. The Morgan fingerprint density at radius 2 is 1.54 bits per heavy atom. The number of carbonyl (C=O) groups is 2. The van der Waals surface area contributed by atoms with Crippen LogP contribution >= 0.6 is 0 Å². The smallest absolute Gasteiger partial charge is 0.251 e. The molecule has 192 valence electrons. The second kappa shape index (κ2) is 10.3. The minimum absolute atomic E-state index is 0.0305. The van der Waals surface area contributed by atoms with Gasteiger partial charge in [-0.2, -0.15) is 0 Å². The van der Waals surface area contributed by atoms with Crippen molar-refractivity contribution in [2.24, 2.45) is 11.8 Å². The SMILES string of the molecule is CC1CC(C)CN(C(=O)CN2CCN(CC(=O)Nc3ccc4c(c3)OC3(CCCCC3)O4)CC2)C1. The molecule has 2 amide bonds. The molecule has 2 atom stereocenters. The Labute approximate surface area is 208 Å². The number of hydrogen-bond donors (Lipinski definition) is 1. The number of benzene rings is 1. The average molecular weight is 485 g/mol. The third-order valence-electron chi connectivity index (χ3n) is 7.85. The van der Waals surface area contributed by atoms with Gasteiger partial charge in [-0.3, -0.25) is 19.4 Å². The number of anilines is 1. The standard InChI is InChI=1S/C27H40N4O4/c1-20-14-21(2)17-31(16-20)26(33)19-30-12-10-29(11-13-30)18-25(32)28-22-6-7-23-24(15-22)35-27(34-23)8-4-3-5-9-27/h6-7,15,20-21H,3-5,8-14,16-19H2,1-2H3,(H,28,32). The lowest BCUT2D eigenvalue weighted by atomic mass is 9.92. The van der Waals surface area contributed by atoms with Gasteiger partial charge < -0.3 is 19.7 Å². The summed E-state index contributed by atoms with van der Waals surface area (Å²) in [5.41, 5.74) is 0.736. The van der Waals surface area contributed by atoms with Gasteiger partial charge in [-0.1, -0.05) is 20.3 Å². The van der Waals surface area contributed by atoms with Crippen LogP contribution in [0.25, 0.3) is 0 Å². The van der Waals surface area contributed by atoms with Crippen molar-refractivity contribution in [2.45, 2.75) is 58.2 Å². The van der Waals surface area contributed by atoms with Gasteiger partial charge in [0.15, 0.2) is 11.5 Å². The maximum absolute atomic E-state index is 12.8. The van der Waals surface area contributed by atoms with Crippen molar-refractivity contribution in [3.63, 3.8) is 0 Å². The Balaban J connectivity index is 1.05. The lowest BCUT2D eigenvalue weighted by molar-refractivity contribution is -0.135. The summed E-state index contributed by atoms with van der Waals surface area (Å²) >= 11 is 0. The number of piperazine rings is 1. The summed E-state index contributed by atoms with van der Waals surface area (Å²) in [6, 6.07) is 5.66. The van der Waals surface area contributed by atoms with Gasteiger partial charge in [-0.25, -0.2) is 0 Å². The molecule has 8 nitrogen and oxygen atoms in total. The molecule has 2 saturated heterocycles. The lowest BCUT2D eigenvalue weighted by Crippen LogP contribution is -2.52. The number of rotatable bonds is 5. The van der Waals surface area contributed by atoms with Crippen LogP contribution < -0.4 is 14.8 Å². The summed E-state index contributed by atoms with van der Waals surface area (Å²) in [6.45, 7) is 10.3. The highest BCUT2D eigenvalue weighted by molar-refractivity contribution is 5.92. The van der Waals surface area contributed by atoms with E-state index in [1.54, 1.807) is 0 Å². The molecule has 2 unspecified atom stereocenters. The molecule has 35 heavy (non-hydrogen) atoms. The molecule has 0 radical (unpaired) electrons. The van der Waals surface area contributed by atoms with E-state index in [2.05, 4.69) is 29.0 Å². The highest BCUT2D eigenvalue weighted by Crippen LogP contribution is 2.46. The molecule has 1 aromatic rings. The number of fused-ring (bicyclic) bond motifs is 1. The molecule has 5 rings (SSSR count). The summed E-state index contributed by atoms with van der Waals surface area (Å²) in [5, 5.41) is 3.01. The van der Waals surface area contributed by atoms with Crippen LogP contribution in [0.5, 0.6) is 11.5 Å². The summed E-state index contributed by atoms with van der Waals surface area (Å²) in [7, 11) is 0. The molecule has 1 N–H and O–H groups in total. The lowest BCUT2D eigenvalue weighted by Gasteiger charge is -2.38. The Morgan fingerprint density at radius 1 is 0.914 bits per heavy atom. The topological polar surface area (TPSA) is 74.4 Å². The number of piperidine rings is 1. The van der Waals surface area contributed by atoms with Crippen LogP contribution in [-0.2, 0) is 9.59 Å². The van der Waals surface area contributed by atoms with E-state index in [0.29, 0.717) is 24.9 Å². The van der Waals surface area contributed by atoms with Gasteiger partial charge in [0.25, 0.3) is 5.79 Å². The highest BCUT2D eigenvalue weighted by atomic mass is 16.7. The van der Waals surface area contributed by atoms with Crippen molar-refractivity contribution in [1.82, 2.24) is 14.7 Å². The van der Waals surface area contributed by atoms with Crippen LogP contribution in [0.1, 0.15) is 52.4 Å². The number of carbonyl (C=O) groups excluding carboxylic acids is 2. The van der Waals surface area contributed by atoms with E-state index in [1.807, 2.05) is 23.1 Å². The fourth-order valence-corrected chi connectivity index (χ4v) is 6.13.